The third kappa shape index (κ3) is 3.78. The molecule has 1 fully saturated rings. The van der Waals surface area contributed by atoms with Crippen molar-refractivity contribution >= 4 is 21.4 Å². The fourth-order valence-corrected chi connectivity index (χ4v) is 4.99. The third-order valence-corrected chi connectivity index (χ3v) is 6.77. The van der Waals surface area contributed by atoms with Gasteiger partial charge in [-0.15, -0.1) is 11.3 Å². The van der Waals surface area contributed by atoms with E-state index in [9.17, 15) is 8.42 Å². The van der Waals surface area contributed by atoms with Crippen molar-refractivity contribution in [2.24, 2.45) is 11.1 Å². The molecule has 0 atom stereocenters. The predicted octanol–water partition coefficient (Wildman–Crippen LogP) is 2.46. The molecule has 0 bridgehead atoms. The molecule has 1 aliphatic carbocycles. The number of hydrogen-bond donors (Lipinski definition) is 2. The molecule has 0 amide bonds. The van der Waals surface area contributed by atoms with Crippen molar-refractivity contribution in [1.29, 1.82) is 0 Å². The van der Waals surface area contributed by atoms with Crippen LogP contribution in [0.4, 0.5) is 0 Å². The quantitative estimate of drug-likeness (QED) is 0.877. The average molecular weight is 302 g/mol. The summed E-state index contributed by atoms with van der Waals surface area (Å²) in [5, 5.41) is 1.80. The van der Waals surface area contributed by atoms with Crippen molar-refractivity contribution in [3.63, 3.8) is 0 Å². The number of nitrogens with two attached hydrogens (primary N) is 1. The van der Waals surface area contributed by atoms with Gasteiger partial charge in [0.1, 0.15) is 4.21 Å². The number of thiophene rings is 1. The second kappa shape index (κ2) is 5.91. The highest BCUT2D eigenvalue weighted by molar-refractivity contribution is 7.91. The molecule has 0 radical (unpaired) electrons. The second-order valence-electron chi connectivity index (χ2n) is 5.67. The minimum Gasteiger partial charge on any atom is -0.326 e. The summed E-state index contributed by atoms with van der Waals surface area (Å²) in [7, 11) is -3.37. The van der Waals surface area contributed by atoms with Crippen LogP contribution in [0.1, 0.15) is 44.6 Å². The van der Waals surface area contributed by atoms with Crippen LogP contribution in [0, 0.1) is 5.41 Å². The normalized spacial score (nSPS) is 19.5. The van der Waals surface area contributed by atoms with Crippen molar-refractivity contribution in [3.05, 3.63) is 17.0 Å². The fourth-order valence-electron chi connectivity index (χ4n) is 2.52. The van der Waals surface area contributed by atoms with E-state index in [1.165, 1.54) is 30.6 Å². The first-order valence-corrected chi connectivity index (χ1v) is 9.09. The van der Waals surface area contributed by atoms with E-state index in [0.717, 1.165) is 18.4 Å². The Bertz CT molecular complexity index is 517. The lowest BCUT2D eigenvalue weighted by Crippen LogP contribution is -2.36. The van der Waals surface area contributed by atoms with Crippen molar-refractivity contribution in [2.45, 2.75) is 49.8 Å². The van der Waals surface area contributed by atoms with Crippen molar-refractivity contribution < 1.29 is 8.42 Å². The molecule has 0 saturated heterocycles. The van der Waals surface area contributed by atoms with Crippen LogP contribution in [0.5, 0.6) is 0 Å². The zero-order valence-electron chi connectivity index (χ0n) is 11.3. The van der Waals surface area contributed by atoms with Crippen molar-refractivity contribution in [3.8, 4) is 0 Å². The maximum atomic E-state index is 12.2. The van der Waals surface area contributed by atoms with Crippen LogP contribution in [-0.2, 0) is 16.6 Å². The molecule has 19 heavy (non-hydrogen) atoms. The zero-order chi connectivity index (χ0) is 13.9. The van der Waals surface area contributed by atoms with Gasteiger partial charge < -0.3 is 5.73 Å². The number of rotatable bonds is 5. The number of sulfonamides is 1. The third-order valence-electron chi connectivity index (χ3n) is 3.88. The maximum absolute atomic E-state index is 12.2. The largest absolute Gasteiger partial charge is 0.326 e. The summed E-state index contributed by atoms with van der Waals surface area (Å²) in [6.45, 7) is 3.09. The van der Waals surface area contributed by atoms with Gasteiger partial charge in [0.25, 0.3) is 0 Å². The molecule has 6 heteroatoms. The lowest BCUT2D eigenvalue weighted by Gasteiger charge is -2.33. The lowest BCUT2D eigenvalue weighted by atomic mass is 9.76. The molecule has 0 aromatic carbocycles. The molecule has 108 valence electrons. The van der Waals surface area contributed by atoms with E-state index in [4.69, 9.17) is 5.73 Å². The van der Waals surface area contributed by atoms with Crippen molar-refractivity contribution in [1.82, 2.24) is 4.72 Å². The van der Waals surface area contributed by atoms with Crippen LogP contribution in [0.15, 0.2) is 15.7 Å². The maximum Gasteiger partial charge on any atom is 0.250 e. The summed E-state index contributed by atoms with van der Waals surface area (Å²) >= 11 is 1.24. The standard InChI is InChI=1S/C13H22N2O2S2/c1-13(5-3-2-4-6-13)10-15-19(16,17)12-7-11(8-14)9-18-12/h7,9,15H,2-6,8,10,14H2,1H3. The van der Waals surface area contributed by atoms with Crippen LogP contribution in [-0.4, -0.2) is 15.0 Å². The first-order chi connectivity index (χ1) is 8.95. The molecular weight excluding hydrogens is 280 g/mol. The van der Waals surface area contributed by atoms with Gasteiger partial charge in [-0.05, 0) is 35.3 Å². The SMILES string of the molecule is CC1(CNS(=O)(=O)c2cc(CN)cs2)CCCCC1. The molecule has 2 rings (SSSR count). The molecule has 3 N–H and O–H groups in total. The predicted molar refractivity (Wildman–Crippen MR) is 78.6 cm³/mol. The molecule has 1 saturated carbocycles. The lowest BCUT2D eigenvalue weighted by molar-refractivity contribution is 0.219. The summed E-state index contributed by atoms with van der Waals surface area (Å²) in [6.07, 6.45) is 5.89. The highest BCUT2D eigenvalue weighted by Gasteiger charge is 2.29. The molecule has 1 aromatic heterocycles. The zero-order valence-corrected chi connectivity index (χ0v) is 12.9. The van der Waals surface area contributed by atoms with E-state index >= 15 is 0 Å². The Morgan fingerprint density at radius 1 is 1.37 bits per heavy atom. The van der Waals surface area contributed by atoms with Gasteiger partial charge in [0, 0.05) is 13.1 Å². The van der Waals surface area contributed by atoms with Gasteiger partial charge in [-0.3, -0.25) is 0 Å². The van der Waals surface area contributed by atoms with E-state index in [0.29, 0.717) is 17.3 Å². The van der Waals surface area contributed by atoms with Crippen LogP contribution in [0.3, 0.4) is 0 Å². The number of nitrogens with one attached hydrogen (secondary N) is 1. The summed E-state index contributed by atoms with van der Waals surface area (Å²) in [5.41, 5.74) is 6.49. The molecule has 1 aromatic rings. The minimum atomic E-state index is -3.37. The Morgan fingerprint density at radius 3 is 2.63 bits per heavy atom. The van der Waals surface area contributed by atoms with Crippen LogP contribution in [0.2, 0.25) is 0 Å². The smallest absolute Gasteiger partial charge is 0.250 e. The molecule has 0 aliphatic heterocycles. The Kier molecular flexibility index (Phi) is 4.66. The molecular formula is C13H22N2O2S2. The molecule has 0 unspecified atom stereocenters. The highest BCUT2D eigenvalue weighted by Crippen LogP contribution is 2.35. The second-order valence-corrected chi connectivity index (χ2v) is 8.58. The van der Waals surface area contributed by atoms with Crippen LogP contribution in [0.25, 0.3) is 0 Å². The van der Waals surface area contributed by atoms with Gasteiger partial charge in [-0.25, -0.2) is 13.1 Å². The van der Waals surface area contributed by atoms with Gasteiger partial charge in [-0.1, -0.05) is 26.2 Å². The minimum absolute atomic E-state index is 0.110. The summed E-state index contributed by atoms with van der Waals surface area (Å²) in [4.78, 5) is 0. The Morgan fingerprint density at radius 2 is 2.05 bits per heavy atom. The highest BCUT2D eigenvalue weighted by atomic mass is 32.2. The van der Waals surface area contributed by atoms with Crippen molar-refractivity contribution in [2.75, 3.05) is 6.54 Å². The van der Waals surface area contributed by atoms with Gasteiger partial charge in [0.15, 0.2) is 0 Å². The van der Waals surface area contributed by atoms with Gasteiger partial charge in [0.2, 0.25) is 10.0 Å². The molecule has 1 heterocycles. The summed E-state index contributed by atoms with van der Waals surface area (Å²) < 4.78 is 27.5. The molecule has 4 nitrogen and oxygen atoms in total. The monoisotopic (exact) mass is 302 g/mol. The van der Waals surface area contributed by atoms with Gasteiger partial charge >= 0.3 is 0 Å². The first-order valence-electron chi connectivity index (χ1n) is 6.72. The fraction of sp³-hybridized carbons (Fsp3) is 0.692. The van der Waals surface area contributed by atoms with Crippen LogP contribution < -0.4 is 10.5 Å². The van der Waals surface area contributed by atoms with Gasteiger partial charge in [0.05, 0.1) is 0 Å². The van der Waals surface area contributed by atoms with E-state index in [1.54, 1.807) is 11.4 Å². The van der Waals surface area contributed by atoms with Crippen LogP contribution >= 0.6 is 11.3 Å². The van der Waals surface area contributed by atoms with Gasteiger partial charge in [-0.2, -0.15) is 0 Å². The number of hydrogen-bond acceptors (Lipinski definition) is 4. The topological polar surface area (TPSA) is 72.2 Å². The molecule has 1 aliphatic rings. The van der Waals surface area contributed by atoms with E-state index in [2.05, 4.69) is 11.6 Å². The summed E-state index contributed by atoms with van der Waals surface area (Å²) in [5.74, 6) is 0. The Labute approximate surface area is 119 Å². The first kappa shape index (κ1) is 15.0. The van der Waals surface area contributed by atoms with E-state index < -0.39 is 10.0 Å². The Balaban J connectivity index is 2.01. The molecule has 0 spiro atoms. The summed E-state index contributed by atoms with van der Waals surface area (Å²) in [6, 6.07) is 1.66. The Hall–Kier alpha value is -0.430. The van der Waals surface area contributed by atoms with E-state index in [1.807, 2.05) is 0 Å². The average Bonchev–Trinajstić information content (AvgIpc) is 2.87. The van der Waals surface area contributed by atoms with E-state index in [-0.39, 0.29) is 5.41 Å².